The van der Waals surface area contributed by atoms with Crippen molar-refractivity contribution in [1.29, 1.82) is 0 Å². The molecule has 12 heavy (non-hydrogen) atoms. The summed E-state index contributed by atoms with van der Waals surface area (Å²) in [6, 6.07) is 0. The molecule has 0 rings (SSSR count). The molecular weight excluding hydrogens is 156 g/mol. The van der Waals surface area contributed by atoms with E-state index >= 15 is 0 Å². The molecule has 0 unspecified atom stereocenters. The van der Waals surface area contributed by atoms with Crippen LogP contribution in [0.4, 0.5) is 0 Å². The molecule has 0 atom stereocenters. The first kappa shape index (κ1) is 13.7. The highest BCUT2D eigenvalue weighted by molar-refractivity contribution is 5.66. The summed E-state index contributed by atoms with van der Waals surface area (Å²) >= 11 is 0. The van der Waals surface area contributed by atoms with Crippen LogP contribution in [0.1, 0.15) is 33.1 Å². The Balaban J connectivity index is 0. The molecule has 0 aromatic carbocycles. The predicted molar refractivity (Wildman–Crippen MR) is 49.1 cm³/mol. The van der Waals surface area contributed by atoms with Gasteiger partial charge < -0.3 is 10.2 Å². The van der Waals surface area contributed by atoms with Crippen molar-refractivity contribution in [3.8, 4) is 0 Å². The molecule has 0 fully saturated rings. The fraction of sp³-hybridized carbons (Fsp3) is 0.667. The molecule has 2 N–H and O–H groups in total. The van der Waals surface area contributed by atoms with Gasteiger partial charge in [0.05, 0.1) is 0 Å². The summed E-state index contributed by atoms with van der Waals surface area (Å²) in [4.78, 5) is 9.37. The number of carboxylic acid groups (broad SMARTS) is 1. The highest BCUT2D eigenvalue weighted by Crippen LogP contribution is 1.82. The number of carbonyl (C=O) groups is 1. The van der Waals surface area contributed by atoms with E-state index in [1.165, 1.54) is 0 Å². The van der Waals surface area contributed by atoms with Gasteiger partial charge in [-0.1, -0.05) is 26.0 Å². The average Bonchev–Trinajstić information content (AvgIpc) is 2.07. The summed E-state index contributed by atoms with van der Waals surface area (Å²) < 4.78 is 0. The second-order valence-corrected chi connectivity index (χ2v) is 2.14. The molecule has 3 heteroatoms. The van der Waals surface area contributed by atoms with E-state index in [0.29, 0.717) is 0 Å². The maximum atomic E-state index is 9.37. The van der Waals surface area contributed by atoms with Gasteiger partial charge in [-0.25, -0.2) is 0 Å². The van der Waals surface area contributed by atoms with Crippen molar-refractivity contribution in [2.75, 3.05) is 6.61 Å². The summed E-state index contributed by atoms with van der Waals surface area (Å²) in [7, 11) is 0. The van der Waals surface area contributed by atoms with Crippen molar-refractivity contribution in [3.05, 3.63) is 12.2 Å². The monoisotopic (exact) mass is 174 g/mol. The highest BCUT2D eigenvalue weighted by atomic mass is 16.4. The molecule has 72 valence electrons. The first-order valence-corrected chi connectivity index (χ1v) is 4.16. The molecule has 0 aromatic rings. The van der Waals surface area contributed by atoms with Crippen molar-refractivity contribution >= 4 is 5.97 Å². The third-order valence-corrected chi connectivity index (χ3v) is 1.00. The smallest absolute Gasteiger partial charge is 0.303 e. The van der Waals surface area contributed by atoms with Crippen LogP contribution in [0, 0.1) is 0 Å². The van der Waals surface area contributed by atoms with Crippen LogP contribution in [0.5, 0.6) is 0 Å². The minimum atomic E-state index is -0.745. The molecule has 0 aliphatic heterocycles. The van der Waals surface area contributed by atoms with Gasteiger partial charge in [0.1, 0.15) is 0 Å². The van der Waals surface area contributed by atoms with E-state index in [4.69, 9.17) is 10.2 Å². The fourth-order valence-corrected chi connectivity index (χ4v) is 0.359. The third kappa shape index (κ3) is 22.9. The Bertz CT molecular complexity index is 119. The largest absolute Gasteiger partial charge is 0.481 e. The van der Waals surface area contributed by atoms with Crippen molar-refractivity contribution in [2.24, 2.45) is 0 Å². The minimum absolute atomic E-state index is 0.222. The van der Waals surface area contributed by atoms with Gasteiger partial charge in [0.2, 0.25) is 0 Å². The molecule has 0 aliphatic rings. The lowest BCUT2D eigenvalue weighted by Gasteiger charge is -1.79. The molecular formula is C9H18O3. The topological polar surface area (TPSA) is 57.5 Å². The van der Waals surface area contributed by atoms with Crippen LogP contribution in [-0.2, 0) is 4.79 Å². The van der Waals surface area contributed by atoms with Crippen molar-refractivity contribution in [3.63, 3.8) is 0 Å². The summed E-state index contributed by atoms with van der Waals surface area (Å²) in [6.45, 7) is 3.95. The lowest BCUT2D eigenvalue weighted by atomic mass is 10.3. The number of carboxylic acids is 1. The molecule has 0 aliphatic carbocycles. The van der Waals surface area contributed by atoms with E-state index in [2.05, 4.69) is 13.0 Å². The Morgan fingerprint density at radius 1 is 1.33 bits per heavy atom. The normalized spacial score (nSPS) is 9.25. The maximum Gasteiger partial charge on any atom is 0.303 e. The Morgan fingerprint density at radius 3 is 2.08 bits per heavy atom. The highest BCUT2D eigenvalue weighted by Gasteiger charge is 1.80. The Morgan fingerprint density at radius 2 is 1.83 bits per heavy atom. The summed E-state index contributed by atoms with van der Waals surface area (Å²) in [6.07, 6.45) is 6.13. The zero-order valence-corrected chi connectivity index (χ0v) is 7.79. The maximum absolute atomic E-state index is 9.37. The molecule has 0 heterocycles. The molecule has 0 saturated carbocycles. The lowest BCUT2D eigenvalue weighted by molar-refractivity contribution is -0.136. The lowest BCUT2D eigenvalue weighted by Crippen LogP contribution is -1.86. The van der Waals surface area contributed by atoms with Crippen molar-refractivity contribution < 1.29 is 15.0 Å². The molecule has 0 spiro atoms. The number of aliphatic hydroxyl groups excluding tert-OH is 1. The van der Waals surface area contributed by atoms with E-state index in [9.17, 15) is 4.79 Å². The van der Waals surface area contributed by atoms with Gasteiger partial charge in [-0.05, 0) is 12.8 Å². The van der Waals surface area contributed by atoms with Crippen LogP contribution < -0.4 is 0 Å². The first-order chi connectivity index (χ1) is 5.68. The number of aliphatic hydroxyl groups is 1. The number of aliphatic carboxylic acids is 1. The quantitative estimate of drug-likeness (QED) is 0.639. The van der Waals surface area contributed by atoms with E-state index in [1.54, 1.807) is 6.92 Å². The summed E-state index contributed by atoms with van der Waals surface area (Å²) in [5.74, 6) is -0.745. The first-order valence-electron chi connectivity index (χ1n) is 4.16. The third-order valence-electron chi connectivity index (χ3n) is 1.00. The Hall–Kier alpha value is -0.830. The SMILES string of the molecule is CCC(=O)O.CCC=CCCO. The second kappa shape index (κ2) is 12.8. The number of rotatable bonds is 4. The molecule has 0 aromatic heterocycles. The van der Waals surface area contributed by atoms with Gasteiger partial charge >= 0.3 is 5.97 Å². The number of allylic oxidation sites excluding steroid dienone is 1. The zero-order valence-electron chi connectivity index (χ0n) is 7.79. The number of hydrogen-bond acceptors (Lipinski definition) is 2. The van der Waals surface area contributed by atoms with Crippen LogP contribution in [0.2, 0.25) is 0 Å². The van der Waals surface area contributed by atoms with E-state index in [0.717, 1.165) is 12.8 Å². The van der Waals surface area contributed by atoms with E-state index in [-0.39, 0.29) is 13.0 Å². The zero-order chi connectivity index (χ0) is 9.82. The second-order valence-electron chi connectivity index (χ2n) is 2.14. The standard InChI is InChI=1S/C6H12O.C3H6O2/c1-2-3-4-5-6-7;1-2-3(4)5/h3-4,7H,2,5-6H2,1H3;2H2,1H3,(H,4,5). The Labute approximate surface area is 73.7 Å². The minimum Gasteiger partial charge on any atom is -0.481 e. The van der Waals surface area contributed by atoms with Gasteiger partial charge in [0.15, 0.2) is 0 Å². The van der Waals surface area contributed by atoms with Gasteiger partial charge in [-0.15, -0.1) is 0 Å². The van der Waals surface area contributed by atoms with Crippen LogP contribution in [-0.4, -0.2) is 22.8 Å². The van der Waals surface area contributed by atoms with Crippen LogP contribution in [0.15, 0.2) is 12.2 Å². The van der Waals surface area contributed by atoms with Crippen LogP contribution in [0.3, 0.4) is 0 Å². The average molecular weight is 174 g/mol. The summed E-state index contributed by atoms with van der Waals surface area (Å²) in [5.41, 5.74) is 0. The molecule has 0 amide bonds. The van der Waals surface area contributed by atoms with Gasteiger partial charge in [-0.2, -0.15) is 0 Å². The van der Waals surface area contributed by atoms with Crippen LogP contribution >= 0.6 is 0 Å². The van der Waals surface area contributed by atoms with Gasteiger partial charge in [0, 0.05) is 13.0 Å². The Kier molecular flexibility index (Phi) is 14.7. The van der Waals surface area contributed by atoms with Crippen molar-refractivity contribution in [2.45, 2.75) is 33.1 Å². The molecule has 0 radical (unpaired) electrons. The number of hydrogen-bond donors (Lipinski definition) is 2. The molecule has 0 bridgehead atoms. The molecule has 3 nitrogen and oxygen atoms in total. The van der Waals surface area contributed by atoms with E-state index < -0.39 is 5.97 Å². The fourth-order valence-electron chi connectivity index (χ4n) is 0.359. The summed E-state index contributed by atoms with van der Waals surface area (Å²) in [5, 5.41) is 16.0. The predicted octanol–water partition coefficient (Wildman–Crippen LogP) is 1.82. The van der Waals surface area contributed by atoms with E-state index in [1.807, 2.05) is 6.08 Å². The van der Waals surface area contributed by atoms with Crippen molar-refractivity contribution in [1.82, 2.24) is 0 Å². The van der Waals surface area contributed by atoms with Crippen LogP contribution in [0.25, 0.3) is 0 Å². The van der Waals surface area contributed by atoms with Gasteiger partial charge in [-0.3, -0.25) is 4.79 Å². The molecule has 0 saturated heterocycles. The van der Waals surface area contributed by atoms with Gasteiger partial charge in [0.25, 0.3) is 0 Å².